The van der Waals surface area contributed by atoms with E-state index in [0.717, 1.165) is 11.4 Å². The van der Waals surface area contributed by atoms with Gasteiger partial charge in [-0.3, -0.25) is 10.1 Å². The van der Waals surface area contributed by atoms with Crippen LogP contribution in [0.25, 0.3) is 5.65 Å². The predicted octanol–water partition coefficient (Wildman–Crippen LogP) is 3.54. The highest BCUT2D eigenvalue weighted by Gasteiger charge is 2.20. The summed E-state index contributed by atoms with van der Waals surface area (Å²) in [6.45, 7) is 4.22. The molecule has 2 N–H and O–H groups in total. The van der Waals surface area contributed by atoms with Crippen molar-refractivity contribution in [1.29, 1.82) is 0 Å². The molecule has 3 aromatic heterocycles. The van der Waals surface area contributed by atoms with Gasteiger partial charge >= 0.3 is 6.03 Å². The number of nitrogens with one attached hydrogen (secondary N) is 2. The van der Waals surface area contributed by atoms with Crippen molar-refractivity contribution in [3.05, 3.63) is 75.9 Å². The highest BCUT2D eigenvalue weighted by Crippen LogP contribution is 2.19. The van der Waals surface area contributed by atoms with Gasteiger partial charge in [0.15, 0.2) is 10.8 Å². The number of amides is 3. The second-order valence-electron chi connectivity index (χ2n) is 7.58. The van der Waals surface area contributed by atoms with Gasteiger partial charge in [0.2, 0.25) is 0 Å². The lowest BCUT2D eigenvalue weighted by atomic mass is 10.2. The van der Waals surface area contributed by atoms with Gasteiger partial charge < -0.3 is 10.2 Å². The molecule has 33 heavy (non-hydrogen) atoms. The lowest BCUT2D eigenvalue weighted by Gasteiger charge is -2.15. The maximum absolute atomic E-state index is 13.2. The molecule has 0 fully saturated rings. The van der Waals surface area contributed by atoms with Crippen molar-refractivity contribution in [2.24, 2.45) is 0 Å². The Morgan fingerprint density at radius 1 is 1.21 bits per heavy atom. The third-order valence-electron chi connectivity index (χ3n) is 4.87. The standard InChI is InChI=1S/C22H22FN7O2S/c1-13-7-14(2)30-19(26-13)18(10-25-30)20(31)29(3)11-17-12-33-22(27-17)28-21(32)24-9-15-5-4-6-16(23)8-15/h4-8,10,12H,9,11H2,1-3H3,(H2,24,27,28,32). The van der Waals surface area contributed by atoms with Gasteiger partial charge in [0.05, 0.1) is 18.4 Å². The zero-order valence-corrected chi connectivity index (χ0v) is 19.1. The Balaban J connectivity index is 1.36. The number of urea groups is 1. The minimum atomic E-state index is -0.451. The lowest BCUT2D eigenvalue weighted by molar-refractivity contribution is 0.0785. The zero-order valence-electron chi connectivity index (χ0n) is 18.3. The molecule has 3 amide bonds. The number of aryl methyl sites for hydroxylation is 2. The number of rotatable bonds is 6. The number of carbonyl (C=O) groups excluding carboxylic acids is 2. The number of aromatic nitrogens is 4. The third-order valence-corrected chi connectivity index (χ3v) is 5.68. The van der Waals surface area contributed by atoms with Crippen LogP contribution in [-0.2, 0) is 13.1 Å². The summed E-state index contributed by atoms with van der Waals surface area (Å²) in [4.78, 5) is 35.4. The van der Waals surface area contributed by atoms with Gasteiger partial charge in [-0.05, 0) is 37.6 Å². The summed E-state index contributed by atoms with van der Waals surface area (Å²) < 4.78 is 14.9. The molecule has 0 bridgehead atoms. The molecule has 9 nitrogen and oxygen atoms in total. The van der Waals surface area contributed by atoms with Crippen LogP contribution >= 0.6 is 11.3 Å². The number of fused-ring (bicyclic) bond motifs is 1. The quantitative estimate of drug-likeness (QED) is 0.451. The number of carbonyl (C=O) groups is 2. The van der Waals surface area contributed by atoms with Crippen molar-refractivity contribution < 1.29 is 14.0 Å². The molecule has 0 aliphatic rings. The number of hydrogen-bond acceptors (Lipinski definition) is 6. The Hall–Kier alpha value is -3.86. The molecule has 170 valence electrons. The Bertz CT molecular complexity index is 1330. The van der Waals surface area contributed by atoms with E-state index >= 15 is 0 Å². The van der Waals surface area contributed by atoms with E-state index in [-0.39, 0.29) is 24.8 Å². The normalized spacial score (nSPS) is 10.9. The van der Waals surface area contributed by atoms with Gasteiger partial charge in [-0.1, -0.05) is 12.1 Å². The summed E-state index contributed by atoms with van der Waals surface area (Å²) in [7, 11) is 1.67. The van der Waals surface area contributed by atoms with Gasteiger partial charge in [0, 0.05) is 30.4 Å². The van der Waals surface area contributed by atoms with E-state index in [1.165, 1.54) is 34.6 Å². The van der Waals surface area contributed by atoms with Crippen molar-refractivity contribution in [2.75, 3.05) is 12.4 Å². The summed E-state index contributed by atoms with van der Waals surface area (Å²) in [6.07, 6.45) is 1.52. The summed E-state index contributed by atoms with van der Waals surface area (Å²) in [6, 6.07) is 7.46. The first-order valence-corrected chi connectivity index (χ1v) is 11.0. The maximum Gasteiger partial charge on any atom is 0.321 e. The molecule has 0 aliphatic carbocycles. The molecule has 0 saturated heterocycles. The largest absolute Gasteiger partial charge is 0.336 e. The van der Waals surface area contributed by atoms with Crippen molar-refractivity contribution in [2.45, 2.75) is 26.9 Å². The number of anilines is 1. The average molecular weight is 468 g/mol. The monoisotopic (exact) mass is 467 g/mol. The number of hydrogen-bond donors (Lipinski definition) is 2. The van der Waals surface area contributed by atoms with Gasteiger partial charge in [-0.15, -0.1) is 11.3 Å². The summed E-state index contributed by atoms with van der Waals surface area (Å²) in [5.74, 6) is -0.582. The highest BCUT2D eigenvalue weighted by atomic mass is 32.1. The SMILES string of the molecule is Cc1cc(C)n2ncc(C(=O)N(C)Cc3csc(NC(=O)NCc4cccc(F)c4)n3)c2n1. The molecule has 0 spiro atoms. The van der Waals surface area contributed by atoms with Crippen molar-refractivity contribution in [3.8, 4) is 0 Å². The van der Waals surface area contributed by atoms with Crippen LogP contribution in [-0.4, -0.2) is 43.5 Å². The smallest absolute Gasteiger partial charge is 0.321 e. The van der Waals surface area contributed by atoms with E-state index in [1.807, 2.05) is 19.9 Å². The zero-order chi connectivity index (χ0) is 23.5. The predicted molar refractivity (Wildman–Crippen MR) is 123 cm³/mol. The molecule has 0 aliphatic heterocycles. The minimum Gasteiger partial charge on any atom is -0.336 e. The fourth-order valence-corrected chi connectivity index (χ4v) is 4.05. The van der Waals surface area contributed by atoms with Crippen molar-refractivity contribution in [3.63, 3.8) is 0 Å². The van der Waals surface area contributed by atoms with Crippen molar-refractivity contribution >= 4 is 34.1 Å². The van der Waals surface area contributed by atoms with Gasteiger partial charge in [0.25, 0.3) is 5.91 Å². The summed E-state index contributed by atoms with van der Waals surface area (Å²) in [5.41, 5.74) is 3.91. The Labute approximate surface area is 193 Å². The van der Waals surface area contributed by atoms with E-state index < -0.39 is 6.03 Å². The Kier molecular flexibility index (Phi) is 6.31. The van der Waals surface area contributed by atoms with Crippen LogP contribution in [0.1, 0.15) is 33.0 Å². The molecular formula is C22H22FN7O2S. The maximum atomic E-state index is 13.2. The number of nitrogens with zero attached hydrogens (tertiary/aromatic N) is 5. The van der Waals surface area contributed by atoms with Crippen LogP contribution in [0.2, 0.25) is 0 Å². The molecule has 11 heteroatoms. The molecule has 0 radical (unpaired) electrons. The average Bonchev–Trinajstić information content (AvgIpc) is 3.38. The molecular weight excluding hydrogens is 445 g/mol. The summed E-state index contributed by atoms with van der Waals surface area (Å²) in [5, 5.41) is 11.7. The van der Waals surface area contributed by atoms with E-state index in [4.69, 9.17) is 0 Å². The van der Waals surface area contributed by atoms with Gasteiger partial charge in [0.1, 0.15) is 11.4 Å². The second kappa shape index (κ2) is 9.33. The molecule has 0 saturated carbocycles. The second-order valence-corrected chi connectivity index (χ2v) is 8.43. The number of thiazole rings is 1. The molecule has 1 aromatic carbocycles. The Morgan fingerprint density at radius 3 is 2.82 bits per heavy atom. The first-order valence-electron chi connectivity index (χ1n) is 10.1. The molecule has 3 heterocycles. The number of benzene rings is 1. The van der Waals surface area contributed by atoms with Crippen LogP contribution in [0.15, 0.2) is 41.9 Å². The van der Waals surface area contributed by atoms with E-state index in [1.54, 1.807) is 29.1 Å². The Morgan fingerprint density at radius 2 is 2.03 bits per heavy atom. The highest BCUT2D eigenvalue weighted by molar-refractivity contribution is 7.13. The number of halogens is 1. The van der Waals surface area contributed by atoms with Crippen LogP contribution in [0.4, 0.5) is 14.3 Å². The lowest BCUT2D eigenvalue weighted by Crippen LogP contribution is -2.28. The van der Waals surface area contributed by atoms with E-state index in [0.29, 0.717) is 27.6 Å². The molecule has 4 rings (SSSR count). The van der Waals surface area contributed by atoms with Gasteiger partial charge in [-0.2, -0.15) is 5.10 Å². The van der Waals surface area contributed by atoms with Crippen molar-refractivity contribution in [1.82, 2.24) is 29.8 Å². The van der Waals surface area contributed by atoms with Crippen LogP contribution in [0, 0.1) is 19.7 Å². The molecule has 0 atom stereocenters. The minimum absolute atomic E-state index is 0.186. The van der Waals surface area contributed by atoms with E-state index in [2.05, 4.69) is 25.7 Å². The molecule has 0 unspecified atom stereocenters. The topological polar surface area (TPSA) is 105 Å². The van der Waals surface area contributed by atoms with Crippen LogP contribution in [0.5, 0.6) is 0 Å². The fourth-order valence-electron chi connectivity index (χ4n) is 3.35. The van der Waals surface area contributed by atoms with Crippen LogP contribution in [0.3, 0.4) is 0 Å². The molecule has 4 aromatic rings. The first kappa shape index (κ1) is 22.3. The summed E-state index contributed by atoms with van der Waals surface area (Å²) >= 11 is 1.25. The first-order chi connectivity index (χ1) is 15.8. The van der Waals surface area contributed by atoms with Gasteiger partial charge in [-0.25, -0.2) is 23.7 Å². The third kappa shape index (κ3) is 5.14. The van der Waals surface area contributed by atoms with Crippen LogP contribution < -0.4 is 10.6 Å². The fraction of sp³-hybridized carbons (Fsp3) is 0.227. The van der Waals surface area contributed by atoms with E-state index in [9.17, 15) is 14.0 Å².